The summed E-state index contributed by atoms with van der Waals surface area (Å²) >= 11 is 0. The van der Waals surface area contributed by atoms with Crippen LogP contribution in [0.1, 0.15) is 50.0 Å². The van der Waals surface area contributed by atoms with Crippen LogP contribution in [0.4, 0.5) is 4.39 Å². The van der Waals surface area contributed by atoms with Gasteiger partial charge < -0.3 is 9.31 Å². The van der Waals surface area contributed by atoms with E-state index < -0.39 is 24.1 Å². The maximum Gasteiger partial charge on any atom is 0.495 e. The van der Waals surface area contributed by atoms with Crippen molar-refractivity contribution in [3.63, 3.8) is 0 Å². The summed E-state index contributed by atoms with van der Waals surface area (Å²) in [6, 6.07) is 3.01. The fraction of sp³-hybridized carbons (Fsp3) is 0.533. The minimum absolute atomic E-state index is 0.129. The predicted octanol–water partition coefficient (Wildman–Crippen LogP) is 2.25. The Morgan fingerprint density at radius 3 is 2.30 bits per heavy atom. The smallest absolute Gasteiger partial charge is 0.399 e. The van der Waals surface area contributed by atoms with Gasteiger partial charge in [0.1, 0.15) is 5.82 Å². The van der Waals surface area contributed by atoms with E-state index in [1.807, 2.05) is 27.7 Å². The van der Waals surface area contributed by atoms with Crippen LogP contribution in [0.3, 0.4) is 0 Å². The van der Waals surface area contributed by atoms with E-state index in [0.717, 1.165) is 11.0 Å². The summed E-state index contributed by atoms with van der Waals surface area (Å²) in [7, 11) is -0.541. The molecule has 1 saturated heterocycles. The lowest BCUT2D eigenvalue weighted by molar-refractivity contribution is 0.00578. The number of halogens is 1. The van der Waals surface area contributed by atoms with Crippen molar-refractivity contribution in [3.8, 4) is 0 Å². The Balaban J connectivity index is 2.04. The van der Waals surface area contributed by atoms with E-state index in [1.165, 1.54) is 6.07 Å². The summed E-state index contributed by atoms with van der Waals surface area (Å²) in [5, 5.41) is 0. The average Bonchev–Trinajstić information content (AvgIpc) is 2.80. The molecule has 0 radical (unpaired) electrons. The van der Waals surface area contributed by atoms with Crippen LogP contribution in [0, 0.1) is 5.82 Å². The van der Waals surface area contributed by atoms with Crippen molar-refractivity contribution in [1.29, 1.82) is 0 Å². The molecule has 0 unspecified atom stereocenters. The summed E-state index contributed by atoms with van der Waals surface area (Å²) in [5.74, 6) is -0.571. The van der Waals surface area contributed by atoms with Gasteiger partial charge in [0.15, 0.2) is 5.78 Å². The standard InChI is InChI=1S/C15H18BFO3/c1-14(2)15(3,4)20-16(19-14)10-6-7-11(17)13-9(10)5-8-12(13)18/h6-7H,5,8H2,1-4H3. The Labute approximate surface area is 118 Å². The Hall–Kier alpha value is -1.20. The third kappa shape index (κ3) is 1.84. The maximum absolute atomic E-state index is 13.8. The van der Waals surface area contributed by atoms with Gasteiger partial charge in [-0.15, -0.1) is 0 Å². The zero-order chi connectivity index (χ0) is 14.7. The first-order chi connectivity index (χ1) is 9.23. The molecular weight excluding hydrogens is 258 g/mol. The fourth-order valence-corrected chi connectivity index (χ4v) is 2.76. The number of carbonyl (C=O) groups excluding carboxylic acids is 1. The zero-order valence-corrected chi connectivity index (χ0v) is 12.2. The van der Waals surface area contributed by atoms with E-state index in [9.17, 15) is 9.18 Å². The molecule has 3 rings (SSSR count). The molecule has 0 bridgehead atoms. The number of benzene rings is 1. The molecule has 1 aliphatic carbocycles. The Morgan fingerprint density at radius 1 is 1.10 bits per heavy atom. The van der Waals surface area contributed by atoms with Crippen LogP contribution < -0.4 is 5.46 Å². The zero-order valence-electron chi connectivity index (χ0n) is 12.2. The molecule has 1 aliphatic heterocycles. The Morgan fingerprint density at radius 2 is 1.70 bits per heavy atom. The lowest BCUT2D eigenvalue weighted by atomic mass is 9.75. The number of fused-ring (bicyclic) bond motifs is 1. The second-order valence-corrected chi connectivity index (χ2v) is 6.50. The molecule has 0 amide bonds. The molecule has 5 heteroatoms. The number of Topliss-reactive ketones (excluding diaryl/α,β-unsaturated/α-hetero) is 1. The SMILES string of the molecule is CC1(C)OB(c2ccc(F)c3c2CCC3=O)OC1(C)C. The van der Waals surface area contributed by atoms with E-state index in [-0.39, 0.29) is 11.3 Å². The van der Waals surface area contributed by atoms with Crippen LogP contribution in [-0.4, -0.2) is 24.1 Å². The van der Waals surface area contributed by atoms with Crippen LogP contribution in [0.5, 0.6) is 0 Å². The number of hydrogen-bond acceptors (Lipinski definition) is 3. The molecule has 3 nitrogen and oxygen atoms in total. The number of rotatable bonds is 1. The molecule has 0 saturated carbocycles. The van der Waals surface area contributed by atoms with Crippen LogP contribution >= 0.6 is 0 Å². The molecule has 20 heavy (non-hydrogen) atoms. The summed E-state index contributed by atoms with van der Waals surface area (Å²) in [6.07, 6.45) is 0.925. The third-order valence-corrected chi connectivity index (χ3v) is 4.69. The van der Waals surface area contributed by atoms with Crippen molar-refractivity contribution in [3.05, 3.63) is 29.1 Å². The molecule has 2 aliphatic rings. The molecule has 1 fully saturated rings. The van der Waals surface area contributed by atoms with Gasteiger partial charge in [-0.25, -0.2) is 4.39 Å². The molecule has 1 aromatic carbocycles. The lowest BCUT2D eigenvalue weighted by Crippen LogP contribution is -2.41. The topological polar surface area (TPSA) is 35.5 Å². The number of ketones is 1. The van der Waals surface area contributed by atoms with Crippen molar-refractivity contribution in [2.45, 2.75) is 51.7 Å². The normalized spacial score (nSPS) is 23.2. The highest BCUT2D eigenvalue weighted by atomic mass is 19.1. The van der Waals surface area contributed by atoms with Gasteiger partial charge in [0, 0.05) is 6.42 Å². The molecule has 0 N–H and O–H groups in total. The summed E-state index contributed by atoms with van der Waals surface area (Å²) in [5.41, 5.74) is 0.861. The summed E-state index contributed by atoms with van der Waals surface area (Å²) in [6.45, 7) is 7.90. The number of carbonyl (C=O) groups is 1. The average molecular weight is 276 g/mol. The molecule has 0 spiro atoms. The number of hydrogen-bond donors (Lipinski definition) is 0. The van der Waals surface area contributed by atoms with Crippen molar-refractivity contribution in [2.24, 2.45) is 0 Å². The van der Waals surface area contributed by atoms with Gasteiger partial charge in [-0.1, -0.05) is 6.07 Å². The molecular formula is C15H18BFO3. The van der Waals surface area contributed by atoms with Crippen molar-refractivity contribution < 1.29 is 18.5 Å². The highest BCUT2D eigenvalue weighted by Crippen LogP contribution is 2.37. The second-order valence-electron chi connectivity index (χ2n) is 6.50. The van der Waals surface area contributed by atoms with Gasteiger partial charge in [0.2, 0.25) is 0 Å². The van der Waals surface area contributed by atoms with E-state index in [4.69, 9.17) is 9.31 Å². The molecule has 1 aromatic rings. The van der Waals surface area contributed by atoms with Crippen molar-refractivity contribution in [1.82, 2.24) is 0 Å². The lowest BCUT2D eigenvalue weighted by Gasteiger charge is -2.32. The molecule has 106 valence electrons. The second kappa shape index (κ2) is 4.15. The van der Waals surface area contributed by atoms with Gasteiger partial charge in [-0.3, -0.25) is 4.79 Å². The quantitative estimate of drug-likeness (QED) is 0.738. The molecule has 0 atom stereocenters. The highest BCUT2D eigenvalue weighted by molar-refractivity contribution is 6.63. The minimum atomic E-state index is -0.541. The Kier molecular flexibility index (Phi) is 2.86. The minimum Gasteiger partial charge on any atom is -0.399 e. The monoisotopic (exact) mass is 276 g/mol. The van der Waals surface area contributed by atoms with Crippen LogP contribution in [-0.2, 0) is 15.7 Å². The van der Waals surface area contributed by atoms with Gasteiger partial charge in [0.25, 0.3) is 0 Å². The van der Waals surface area contributed by atoms with E-state index in [1.54, 1.807) is 6.07 Å². The third-order valence-electron chi connectivity index (χ3n) is 4.69. The largest absolute Gasteiger partial charge is 0.495 e. The first-order valence-corrected chi connectivity index (χ1v) is 6.93. The van der Waals surface area contributed by atoms with Gasteiger partial charge in [-0.2, -0.15) is 0 Å². The van der Waals surface area contributed by atoms with E-state index >= 15 is 0 Å². The summed E-state index contributed by atoms with van der Waals surface area (Å²) in [4.78, 5) is 11.8. The van der Waals surface area contributed by atoms with Crippen LogP contribution in [0.2, 0.25) is 0 Å². The van der Waals surface area contributed by atoms with Gasteiger partial charge in [-0.05, 0) is 51.2 Å². The highest BCUT2D eigenvalue weighted by Gasteiger charge is 2.52. The molecule has 0 aromatic heterocycles. The fourth-order valence-electron chi connectivity index (χ4n) is 2.76. The molecule has 1 heterocycles. The van der Waals surface area contributed by atoms with Gasteiger partial charge >= 0.3 is 7.12 Å². The predicted molar refractivity (Wildman–Crippen MR) is 74.8 cm³/mol. The maximum atomic E-state index is 13.8. The van der Waals surface area contributed by atoms with Crippen LogP contribution in [0.15, 0.2) is 12.1 Å². The first kappa shape index (κ1) is 13.8. The van der Waals surface area contributed by atoms with Crippen molar-refractivity contribution >= 4 is 18.4 Å². The van der Waals surface area contributed by atoms with E-state index in [2.05, 4.69) is 0 Å². The summed E-state index contributed by atoms with van der Waals surface area (Å²) < 4.78 is 25.8. The van der Waals surface area contributed by atoms with Crippen LogP contribution in [0.25, 0.3) is 0 Å². The van der Waals surface area contributed by atoms with E-state index in [0.29, 0.717) is 12.8 Å². The van der Waals surface area contributed by atoms with Crippen molar-refractivity contribution in [2.75, 3.05) is 0 Å². The Bertz CT molecular complexity index is 579. The van der Waals surface area contributed by atoms with Gasteiger partial charge in [0.05, 0.1) is 16.8 Å². The first-order valence-electron chi connectivity index (χ1n) is 6.93.